The summed E-state index contributed by atoms with van der Waals surface area (Å²) in [6, 6.07) is 6.85. The van der Waals surface area contributed by atoms with Crippen molar-refractivity contribution in [3.05, 3.63) is 51.4 Å². The van der Waals surface area contributed by atoms with Crippen LogP contribution < -0.4 is 16.2 Å². The second kappa shape index (κ2) is 9.00. The summed E-state index contributed by atoms with van der Waals surface area (Å²) in [5.74, 6) is -0.440. The molecule has 7 nitrogen and oxygen atoms in total. The van der Waals surface area contributed by atoms with Gasteiger partial charge in [0.2, 0.25) is 5.91 Å². The number of aromatic nitrogens is 2. The number of hydrogen-bond acceptors (Lipinski definition) is 5. The Kier molecular flexibility index (Phi) is 6.43. The summed E-state index contributed by atoms with van der Waals surface area (Å²) in [4.78, 5) is 42.1. The van der Waals surface area contributed by atoms with E-state index < -0.39 is 0 Å². The maximum absolute atomic E-state index is 12.8. The lowest BCUT2D eigenvalue weighted by atomic mass is 10.2. The third kappa shape index (κ3) is 4.71. The van der Waals surface area contributed by atoms with Gasteiger partial charge < -0.3 is 10.6 Å². The molecule has 1 aromatic carbocycles. The van der Waals surface area contributed by atoms with Crippen molar-refractivity contribution in [2.24, 2.45) is 0 Å². The number of amides is 2. The van der Waals surface area contributed by atoms with Crippen molar-refractivity contribution < 1.29 is 9.59 Å². The number of benzene rings is 1. The molecule has 0 bridgehead atoms. The second-order valence-electron chi connectivity index (χ2n) is 6.90. The molecule has 0 saturated carbocycles. The molecule has 0 fully saturated rings. The van der Waals surface area contributed by atoms with E-state index in [1.165, 1.54) is 18.3 Å². The smallest absolute Gasteiger partial charge is 0.266 e. The van der Waals surface area contributed by atoms with Gasteiger partial charge in [-0.2, -0.15) is 0 Å². The molecule has 0 unspecified atom stereocenters. The fraction of sp³-hybridized carbons (Fsp3) is 0.333. The Balaban J connectivity index is 1.82. The highest BCUT2D eigenvalue weighted by Crippen LogP contribution is 2.28. The van der Waals surface area contributed by atoms with Gasteiger partial charge in [0.1, 0.15) is 4.83 Å². The van der Waals surface area contributed by atoms with Crippen LogP contribution in [0, 0.1) is 6.92 Å². The summed E-state index contributed by atoms with van der Waals surface area (Å²) < 4.78 is 1.63. The van der Waals surface area contributed by atoms with Crippen LogP contribution in [0.3, 0.4) is 0 Å². The summed E-state index contributed by atoms with van der Waals surface area (Å²) >= 11 is 1.22. The first-order valence-electron chi connectivity index (χ1n) is 9.58. The molecule has 3 aromatic rings. The number of thiophene rings is 1. The average Bonchev–Trinajstić information content (AvgIpc) is 3.02. The van der Waals surface area contributed by atoms with Gasteiger partial charge in [0, 0.05) is 24.8 Å². The third-order valence-corrected chi connectivity index (χ3v) is 5.79. The van der Waals surface area contributed by atoms with Gasteiger partial charge in [0.15, 0.2) is 0 Å². The quantitative estimate of drug-likeness (QED) is 0.570. The molecule has 2 N–H and O–H groups in total. The lowest BCUT2D eigenvalue weighted by Crippen LogP contribution is -2.20. The number of unbranched alkanes of at least 4 members (excludes halogenated alkanes) is 2. The number of fused-ring (bicyclic) bond motifs is 1. The van der Waals surface area contributed by atoms with E-state index in [2.05, 4.69) is 22.5 Å². The fourth-order valence-electron chi connectivity index (χ4n) is 3.10. The minimum absolute atomic E-state index is 0.0986. The molecule has 29 heavy (non-hydrogen) atoms. The number of nitrogens with one attached hydrogen (secondary N) is 2. The zero-order valence-electron chi connectivity index (χ0n) is 16.7. The van der Waals surface area contributed by atoms with Gasteiger partial charge in [0.25, 0.3) is 11.5 Å². The van der Waals surface area contributed by atoms with E-state index in [-0.39, 0.29) is 17.4 Å². The molecule has 2 heterocycles. The van der Waals surface area contributed by atoms with Gasteiger partial charge in [-0.25, -0.2) is 4.98 Å². The topological polar surface area (TPSA) is 93.1 Å². The van der Waals surface area contributed by atoms with E-state index in [1.54, 1.807) is 42.1 Å². The lowest BCUT2D eigenvalue weighted by Gasteiger charge is -2.06. The molecule has 0 aliphatic carbocycles. The van der Waals surface area contributed by atoms with Crippen molar-refractivity contribution in [3.8, 4) is 0 Å². The highest BCUT2D eigenvalue weighted by Gasteiger charge is 2.19. The van der Waals surface area contributed by atoms with E-state index in [0.29, 0.717) is 38.6 Å². The maximum Gasteiger partial charge on any atom is 0.266 e. The average molecular weight is 413 g/mol. The van der Waals surface area contributed by atoms with E-state index in [9.17, 15) is 14.4 Å². The zero-order valence-corrected chi connectivity index (χ0v) is 17.6. The van der Waals surface area contributed by atoms with Crippen LogP contribution in [0.4, 0.5) is 11.4 Å². The van der Waals surface area contributed by atoms with Crippen LogP contribution in [0.5, 0.6) is 0 Å². The van der Waals surface area contributed by atoms with Gasteiger partial charge in [-0.05, 0) is 43.2 Å². The Hall–Kier alpha value is -3.00. The summed E-state index contributed by atoms with van der Waals surface area (Å²) in [6.45, 7) is 5.97. The zero-order chi connectivity index (χ0) is 21.0. The minimum Gasteiger partial charge on any atom is -0.326 e. The van der Waals surface area contributed by atoms with Crippen LogP contribution in [0.1, 0.15) is 48.3 Å². The third-order valence-electron chi connectivity index (χ3n) is 4.59. The number of carbonyl (C=O) groups excluding carboxylic acids is 2. The number of nitrogens with zero attached hydrogens (tertiary/aromatic N) is 2. The summed E-state index contributed by atoms with van der Waals surface area (Å²) in [7, 11) is 0. The van der Waals surface area contributed by atoms with E-state index in [0.717, 1.165) is 19.3 Å². The van der Waals surface area contributed by atoms with Crippen LogP contribution >= 0.6 is 11.3 Å². The van der Waals surface area contributed by atoms with Crippen LogP contribution in [-0.2, 0) is 11.3 Å². The Morgan fingerprint density at radius 1 is 1.10 bits per heavy atom. The largest absolute Gasteiger partial charge is 0.326 e. The molecule has 0 aliphatic rings. The van der Waals surface area contributed by atoms with E-state index in [1.807, 2.05) is 0 Å². The molecule has 0 spiro atoms. The first kappa shape index (κ1) is 20.7. The van der Waals surface area contributed by atoms with Crippen LogP contribution in [0.2, 0.25) is 0 Å². The van der Waals surface area contributed by atoms with E-state index >= 15 is 0 Å². The second-order valence-corrected chi connectivity index (χ2v) is 7.90. The standard InChI is InChI=1S/C21H24N4O3S/c1-4-5-6-11-25-12-22-20-17(21(25)28)13(2)18(29-20)19(27)24-16-9-7-15(8-10-16)23-14(3)26/h7-10,12H,4-6,11H2,1-3H3,(H,23,26)(H,24,27). The van der Waals surface area contributed by atoms with Crippen molar-refractivity contribution in [1.82, 2.24) is 9.55 Å². The molecule has 0 saturated heterocycles. The lowest BCUT2D eigenvalue weighted by molar-refractivity contribution is -0.114. The van der Waals surface area contributed by atoms with Gasteiger partial charge in [-0.3, -0.25) is 19.0 Å². The van der Waals surface area contributed by atoms with Crippen molar-refractivity contribution in [2.45, 2.75) is 46.6 Å². The maximum atomic E-state index is 12.8. The minimum atomic E-state index is -0.283. The predicted molar refractivity (Wildman–Crippen MR) is 117 cm³/mol. The molecule has 3 rings (SSSR count). The van der Waals surface area contributed by atoms with Crippen molar-refractivity contribution in [3.63, 3.8) is 0 Å². The van der Waals surface area contributed by atoms with Gasteiger partial charge in [-0.1, -0.05) is 19.8 Å². The predicted octanol–water partition coefficient (Wildman–Crippen LogP) is 4.17. The van der Waals surface area contributed by atoms with Gasteiger partial charge >= 0.3 is 0 Å². The summed E-state index contributed by atoms with van der Waals surface area (Å²) in [5, 5.41) is 6.03. The monoisotopic (exact) mass is 412 g/mol. The number of anilines is 2. The van der Waals surface area contributed by atoms with Crippen molar-refractivity contribution in [1.29, 1.82) is 0 Å². The highest BCUT2D eigenvalue weighted by atomic mass is 32.1. The van der Waals surface area contributed by atoms with Gasteiger partial charge in [-0.15, -0.1) is 11.3 Å². The fourth-order valence-corrected chi connectivity index (χ4v) is 4.13. The first-order valence-corrected chi connectivity index (χ1v) is 10.4. The number of rotatable bonds is 7. The van der Waals surface area contributed by atoms with Crippen LogP contribution in [-0.4, -0.2) is 21.4 Å². The molecule has 0 atom stereocenters. The summed E-state index contributed by atoms with van der Waals surface area (Å²) in [6.07, 6.45) is 4.63. The number of carbonyl (C=O) groups is 2. The Bertz CT molecular complexity index is 1100. The van der Waals surface area contributed by atoms with Crippen molar-refractivity contribution >= 4 is 44.7 Å². The van der Waals surface area contributed by atoms with Gasteiger partial charge in [0.05, 0.1) is 16.6 Å². The summed E-state index contributed by atoms with van der Waals surface area (Å²) in [5.41, 5.74) is 1.81. The highest BCUT2D eigenvalue weighted by molar-refractivity contribution is 7.20. The molecule has 2 aromatic heterocycles. The Labute approximate surface area is 172 Å². The molecular weight excluding hydrogens is 388 g/mol. The Morgan fingerprint density at radius 3 is 2.38 bits per heavy atom. The van der Waals surface area contributed by atoms with Crippen LogP contribution in [0.25, 0.3) is 10.2 Å². The number of hydrogen-bond donors (Lipinski definition) is 2. The molecule has 152 valence electrons. The van der Waals surface area contributed by atoms with E-state index in [4.69, 9.17) is 0 Å². The molecule has 8 heteroatoms. The molecular formula is C21H24N4O3S. The van der Waals surface area contributed by atoms with Crippen LogP contribution in [0.15, 0.2) is 35.4 Å². The molecule has 0 aliphatic heterocycles. The first-order chi connectivity index (χ1) is 13.9. The SMILES string of the molecule is CCCCCn1cnc2sc(C(=O)Nc3ccc(NC(C)=O)cc3)c(C)c2c1=O. The Morgan fingerprint density at radius 2 is 1.76 bits per heavy atom. The van der Waals surface area contributed by atoms with Crippen molar-refractivity contribution in [2.75, 3.05) is 10.6 Å². The molecule has 2 amide bonds. The normalized spacial score (nSPS) is 10.9. The number of aryl methyl sites for hydroxylation is 2. The molecule has 0 radical (unpaired) electrons.